The molecule has 5 nitrogen and oxygen atoms in total. The van der Waals surface area contributed by atoms with E-state index in [2.05, 4.69) is 185 Å². The number of nitrogens with zero attached hydrogens (tertiary/aromatic N) is 4. The van der Waals surface area contributed by atoms with Gasteiger partial charge in [0.15, 0.2) is 17.5 Å². The zero-order valence-corrected chi connectivity index (χ0v) is 35.7. The predicted octanol–water partition coefficient (Wildman–Crippen LogP) is 2.75. The monoisotopic (exact) mass is 788 g/mol. The Morgan fingerprint density at radius 3 is 1.58 bits per heavy atom. The molecule has 0 radical (unpaired) electrons. The van der Waals surface area contributed by atoms with Gasteiger partial charge in [-0.05, 0) is 45.9 Å². The Morgan fingerprint density at radius 2 is 0.887 bits per heavy atom. The molecule has 0 fully saturated rings. The first-order valence-electron chi connectivity index (χ1n) is 21.3. The lowest BCUT2D eigenvalue weighted by molar-refractivity contribution is 0.674. The fourth-order valence-electron chi connectivity index (χ4n) is 9.57. The smallest absolute Gasteiger partial charge is 0.164 e. The van der Waals surface area contributed by atoms with Gasteiger partial charge in [-0.25, -0.2) is 15.0 Å². The first-order valence-corrected chi connectivity index (χ1v) is 21.3. The van der Waals surface area contributed by atoms with Gasteiger partial charge in [-0.3, -0.25) is 0 Å². The molecular weight excluding hydrogens is 749 g/mol. The maximum absolute atomic E-state index is 7.21. The molecule has 62 heavy (non-hydrogen) atoms. The van der Waals surface area contributed by atoms with Crippen LogP contribution in [0.5, 0.6) is 0 Å². The summed E-state index contributed by atoms with van der Waals surface area (Å²) in [6, 6.07) is 55.4. The molecule has 0 spiro atoms. The third-order valence-electron chi connectivity index (χ3n) is 13.1. The van der Waals surface area contributed by atoms with Crippen molar-refractivity contribution in [3.8, 4) is 62.1 Å². The highest BCUT2D eigenvalue weighted by molar-refractivity contribution is 6.64. The minimum atomic E-state index is 0.624. The van der Waals surface area contributed by atoms with Crippen LogP contribution in [0, 0.1) is 0 Å². The summed E-state index contributed by atoms with van der Waals surface area (Å²) in [7, 11) is 13.3. The lowest BCUT2D eigenvalue weighted by Gasteiger charge is -2.19. The van der Waals surface area contributed by atoms with E-state index in [9.17, 15) is 0 Å². The van der Waals surface area contributed by atoms with E-state index in [1.54, 1.807) is 0 Å². The van der Waals surface area contributed by atoms with E-state index in [-0.39, 0.29) is 0 Å². The molecule has 0 aliphatic heterocycles. The van der Waals surface area contributed by atoms with Crippen LogP contribution in [0.4, 0.5) is 0 Å². The summed E-state index contributed by atoms with van der Waals surface area (Å²) < 4.78 is 9.70. The minimum Gasteiger partial charge on any atom is -0.457 e. The minimum absolute atomic E-state index is 0.624. The van der Waals surface area contributed by atoms with Gasteiger partial charge in [0.05, 0.1) is 22.1 Å². The van der Waals surface area contributed by atoms with Gasteiger partial charge in [0.2, 0.25) is 0 Å². The average Bonchev–Trinajstić information content (AvgIpc) is 3.88. The highest BCUT2D eigenvalue weighted by atomic mass is 16.3. The fourth-order valence-corrected chi connectivity index (χ4v) is 9.57. The number of aromatic nitrogens is 4. The zero-order chi connectivity index (χ0) is 42.2. The molecule has 11 heteroatoms. The van der Waals surface area contributed by atoms with E-state index in [1.807, 2.05) is 24.3 Å². The van der Waals surface area contributed by atoms with E-state index in [4.69, 9.17) is 19.4 Å². The molecule has 0 aliphatic carbocycles. The molecule has 0 amide bonds. The van der Waals surface area contributed by atoms with Crippen molar-refractivity contribution in [2.24, 2.45) is 0 Å². The van der Waals surface area contributed by atoms with Crippen LogP contribution >= 0.6 is 0 Å². The van der Waals surface area contributed by atoms with Crippen molar-refractivity contribution in [3.63, 3.8) is 0 Å². The van der Waals surface area contributed by atoms with Crippen molar-refractivity contribution >= 4 is 124 Å². The molecular formula is C51H38B6N4O. The number of fused-ring (bicyclic) bond motifs is 6. The quantitative estimate of drug-likeness (QED) is 0.244. The van der Waals surface area contributed by atoms with Gasteiger partial charge in [0.1, 0.15) is 58.2 Å². The Balaban J connectivity index is 1.19. The number of hydrogen-bond donors (Lipinski definition) is 0. The Bertz CT molecular complexity index is 3590. The maximum atomic E-state index is 7.21. The third-order valence-corrected chi connectivity index (χ3v) is 13.1. The second-order valence-corrected chi connectivity index (χ2v) is 16.6. The lowest BCUT2D eigenvalue weighted by atomic mass is 9.68. The largest absolute Gasteiger partial charge is 0.457 e. The van der Waals surface area contributed by atoms with Crippen molar-refractivity contribution in [2.45, 2.75) is 0 Å². The van der Waals surface area contributed by atoms with Gasteiger partial charge < -0.3 is 8.98 Å². The molecule has 0 bridgehead atoms. The number of rotatable bonds is 6. The van der Waals surface area contributed by atoms with Crippen LogP contribution < -0.4 is 32.8 Å². The highest BCUT2D eigenvalue weighted by Crippen LogP contribution is 2.38. The van der Waals surface area contributed by atoms with Crippen LogP contribution in [-0.2, 0) is 0 Å². The Hall–Kier alpha value is -7.24. The first kappa shape index (κ1) is 37.7. The summed E-state index contributed by atoms with van der Waals surface area (Å²) in [6.45, 7) is 0. The van der Waals surface area contributed by atoms with Crippen molar-refractivity contribution in [2.75, 3.05) is 0 Å². The molecule has 0 saturated carbocycles. The zero-order valence-electron chi connectivity index (χ0n) is 35.7. The molecule has 0 N–H and O–H groups in total. The van der Waals surface area contributed by atoms with Crippen molar-refractivity contribution < 1.29 is 4.42 Å². The van der Waals surface area contributed by atoms with Gasteiger partial charge in [0, 0.05) is 32.8 Å². The van der Waals surface area contributed by atoms with Crippen LogP contribution in [0.25, 0.3) is 106 Å². The van der Waals surface area contributed by atoms with E-state index in [0.29, 0.717) is 17.5 Å². The summed E-state index contributed by atoms with van der Waals surface area (Å²) in [5.74, 6) is 1.88. The normalized spacial score (nSPS) is 11.6. The Morgan fingerprint density at radius 1 is 0.355 bits per heavy atom. The molecule has 0 saturated heterocycles. The molecule has 8 aromatic carbocycles. The van der Waals surface area contributed by atoms with Crippen molar-refractivity contribution in [1.82, 2.24) is 19.5 Å². The summed E-state index contributed by atoms with van der Waals surface area (Å²) in [6.07, 6.45) is 0. The van der Waals surface area contributed by atoms with Crippen LogP contribution in [-0.4, -0.2) is 66.6 Å². The van der Waals surface area contributed by atoms with Gasteiger partial charge in [-0.2, -0.15) is 0 Å². The van der Waals surface area contributed by atoms with Crippen molar-refractivity contribution in [3.05, 3.63) is 158 Å². The first-order chi connectivity index (χ1) is 30.3. The SMILES string of the molecule is Bc1c(B)c(-n2c3ccccc3c3ccc(-c4ccccc4)cc32)c2c(oc3c(B)c(-c4nc(-c5ccccc5)nc(-c5cccc(-c6ccccc6)c5)n4)c(B)c(B)c32)c1B. The summed E-state index contributed by atoms with van der Waals surface area (Å²) in [5.41, 5.74) is 19.5. The number of furan rings is 1. The predicted molar refractivity (Wildman–Crippen MR) is 278 cm³/mol. The van der Waals surface area contributed by atoms with E-state index >= 15 is 0 Å². The average molecular weight is 788 g/mol. The van der Waals surface area contributed by atoms with E-state index < -0.39 is 0 Å². The molecule has 3 heterocycles. The van der Waals surface area contributed by atoms with Gasteiger partial charge in [-0.1, -0.05) is 167 Å². The second-order valence-electron chi connectivity index (χ2n) is 16.6. The molecule has 11 rings (SSSR count). The molecule has 0 atom stereocenters. The molecule has 0 aliphatic rings. The highest BCUT2D eigenvalue weighted by Gasteiger charge is 2.27. The van der Waals surface area contributed by atoms with Crippen molar-refractivity contribution in [1.29, 1.82) is 0 Å². The number of para-hydroxylation sites is 1. The summed E-state index contributed by atoms with van der Waals surface area (Å²) >= 11 is 0. The van der Waals surface area contributed by atoms with E-state index in [0.717, 1.165) is 77.3 Å². The fraction of sp³-hybridized carbons (Fsp3) is 0. The van der Waals surface area contributed by atoms with Crippen LogP contribution in [0.15, 0.2) is 162 Å². The molecule has 3 aromatic heterocycles. The molecule has 11 aromatic rings. The third kappa shape index (κ3) is 5.90. The van der Waals surface area contributed by atoms with Gasteiger partial charge >= 0.3 is 0 Å². The Labute approximate surface area is 365 Å². The van der Waals surface area contributed by atoms with E-state index in [1.165, 1.54) is 43.9 Å². The van der Waals surface area contributed by atoms with Gasteiger partial charge in [0.25, 0.3) is 0 Å². The number of benzene rings is 8. The van der Waals surface area contributed by atoms with Crippen LogP contribution in [0.1, 0.15) is 0 Å². The topological polar surface area (TPSA) is 56.7 Å². The van der Waals surface area contributed by atoms with Crippen LogP contribution in [0.3, 0.4) is 0 Å². The second kappa shape index (κ2) is 14.7. The summed E-state index contributed by atoms with van der Waals surface area (Å²) in [4.78, 5) is 15.6. The maximum Gasteiger partial charge on any atom is 0.164 e. The van der Waals surface area contributed by atoms with Gasteiger partial charge in [-0.15, -0.1) is 0 Å². The molecule has 286 valence electrons. The lowest BCUT2D eigenvalue weighted by Crippen LogP contribution is -2.41. The Kier molecular flexibility index (Phi) is 8.97. The number of hydrogen-bond acceptors (Lipinski definition) is 4. The summed E-state index contributed by atoms with van der Waals surface area (Å²) in [5, 5.41) is 4.70. The molecule has 0 unspecified atom stereocenters. The standard InChI is InChI=1S/C51H38B6N4O/c52-40-37-38-46(61-35-22-11-10-21-33(35)34-24-23-31(26-36(34)61)28-15-6-2-7-16-28)44(56)43(55)45(57)48(38)62-47(37)42(54)39(41(40)53)51-59-49(29-17-8-3-9-18-29)58-50(60-51)32-20-12-19-30(25-32)27-13-4-1-5-14-27/h1-26H,52-57H2. The van der Waals surface area contributed by atoms with Crippen LogP contribution in [0.2, 0.25) is 0 Å².